The van der Waals surface area contributed by atoms with Crippen molar-refractivity contribution in [3.05, 3.63) is 0 Å². The Kier molecular flexibility index (Phi) is 3.50. The number of ether oxygens (including phenoxy) is 2. The number of carbonyl (C=O) groups is 1. The molecule has 0 aromatic rings. The topological polar surface area (TPSA) is 55.8 Å². The molecule has 16 heavy (non-hydrogen) atoms. The summed E-state index contributed by atoms with van der Waals surface area (Å²) in [6.07, 6.45) is 3.62. The van der Waals surface area contributed by atoms with Crippen LogP contribution in [0.1, 0.15) is 25.7 Å². The van der Waals surface area contributed by atoms with Gasteiger partial charge in [-0.25, -0.2) is 0 Å². The van der Waals surface area contributed by atoms with Crippen LogP contribution in [0.15, 0.2) is 0 Å². The molecule has 2 saturated carbocycles. The van der Waals surface area contributed by atoms with Gasteiger partial charge < -0.3 is 14.6 Å². The molecule has 2 rings (SSSR count). The van der Waals surface area contributed by atoms with Crippen LogP contribution in [0.25, 0.3) is 0 Å². The van der Waals surface area contributed by atoms with Gasteiger partial charge in [0.25, 0.3) is 0 Å². The Bertz CT molecular complexity index is 254. The number of fused-ring (bicyclic) bond motifs is 1. The van der Waals surface area contributed by atoms with E-state index in [4.69, 9.17) is 9.47 Å². The number of rotatable bonds is 7. The van der Waals surface area contributed by atoms with Crippen LogP contribution in [-0.2, 0) is 14.3 Å². The normalized spacial score (nSPS) is 36.1. The maximum Gasteiger partial charge on any atom is 0.309 e. The second-order valence-corrected chi connectivity index (χ2v) is 5.10. The van der Waals surface area contributed by atoms with Gasteiger partial charge in [-0.3, -0.25) is 4.79 Å². The van der Waals surface area contributed by atoms with Crippen LogP contribution in [0, 0.1) is 17.3 Å². The van der Waals surface area contributed by atoms with Crippen molar-refractivity contribution >= 4 is 5.97 Å². The lowest BCUT2D eigenvalue weighted by molar-refractivity contribution is -0.150. The van der Waals surface area contributed by atoms with Crippen molar-refractivity contribution in [2.75, 3.05) is 26.9 Å². The van der Waals surface area contributed by atoms with E-state index in [9.17, 15) is 9.90 Å². The van der Waals surface area contributed by atoms with E-state index in [1.54, 1.807) is 7.11 Å². The quantitative estimate of drug-likeness (QED) is 0.671. The van der Waals surface area contributed by atoms with Crippen LogP contribution in [0.5, 0.6) is 0 Å². The Hall–Kier alpha value is -0.610. The van der Waals surface area contributed by atoms with Gasteiger partial charge in [0.15, 0.2) is 0 Å². The third-order valence-corrected chi connectivity index (χ3v) is 3.99. The molecule has 4 heteroatoms. The van der Waals surface area contributed by atoms with Crippen LogP contribution in [0.2, 0.25) is 0 Å². The SMILES string of the molecule is COCCOCCC1(C(=O)O)CC2CC2C1. The Morgan fingerprint density at radius 3 is 2.56 bits per heavy atom. The number of aliphatic carboxylic acids is 1. The molecule has 0 aromatic heterocycles. The molecule has 0 spiro atoms. The van der Waals surface area contributed by atoms with Gasteiger partial charge in [0.2, 0.25) is 0 Å². The van der Waals surface area contributed by atoms with Gasteiger partial charge in [0, 0.05) is 13.7 Å². The maximum atomic E-state index is 11.3. The summed E-state index contributed by atoms with van der Waals surface area (Å²) in [5, 5.41) is 9.32. The Labute approximate surface area is 95.9 Å². The average Bonchev–Trinajstić information content (AvgIpc) is 2.86. The average molecular weight is 228 g/mol. The first-order valence-electron chi connectivity index (χ1n) is 5.98. The predicted molar refractivity (Wildman–Crippen MR) is 58.2 cm³/mol. The van der Waals surface area contributed by atoms with E-state index in [-0.39, 0.29) is 0 Å². The highest BCUT2D eigenvalue weighted by molar-refractivity contribution is 5.75. The molecule has 2 unspecified atom stereocenters. The first kappa shape index (κ1) is 11.9. The lowest BCUT2D eigenvalue weighted by Crippen LogP contribution is -2.31. The lowest BCUT2D eigenvalue weighted by Gasteiger charge is -2.25. The molecule has 0 aromatic carbocycles. The summed E-state index contributed by atoms with van der Waals surface area (Å²) in [7, 11) is 1.63. The van der Waals surface area contributed by atoms with E-state index >= 15 is 0 Å². The van der Waals surface area contributed by atoms with Crippen molar-refractivity contribution in [1.29, 1.82) is 0 Å². The molecule has 2 aliphatic carbocycles. The monoisotopic (exact) mass is 228 g/mol. The molecule has 0 heterocycles. The van der Waals surface area contributed by atoms with Gasteiger partial charge in [-0.05, 0) is 37.5 Å². The van der Waals surface area contributed by atoms with E-state index in [1.807, 2.05) is 0 Å². The number of hydrogen-bond donors (Lipinski definition) is 1. The second kappa shape index (κ2) is 4.72. The summed E-state index contributed by atoms with van der Waals surface area (Å²) in [6.45, 7) is 1.67. The number of carboxylic acid groups (broad SMARTS) is 1. The van der Waals surface area contributed by atoms with Gasteiger partial charge in [-0.1, -0.05) is 0 Å². The van der Waals surface area contributed by atoms with Gasteiger partial charge in [0.05, 0.1) is 18.6 Å². The third-order valence-electron chi connectivity index (χ3n) is 3.99. The summed E-state index contributed by atoms with van der Waals surface area (Å²) < 4.78 is 10.2. The smallest absolute Gasteiger partial charge is 0.309 e. The Morgan fingerprint density at radius 1 is 1.31 bits per heavy atom. The first-order chi connectivity index (χ1) is 7.68. The number of carboxylic acids is 1. The van der Waals surface area contributed by atoms with Gasteiger partial charge in [0.1, 0.15) is 0 Å². The largest absolute Gasteiger partial charge is 0.481 e. The molecule has 0 aliphatic heterocycles. The van der Waals surface area contributed by atoms with Crippen molar-refractivity contribution in [2.45, 2.75) is 25.7 Å². The van der Waals surface area contributed by atoms with E-state index < -0.39 is 11.4 Å². The zero-order chi connectivity index (χ0) is 11.6. The number of methoxy groups -OCH3 is 1. The van der Waals surface area contributed by atoms with Crippen LogP contribution in [0.3, 0.4) is 0 Å². The molecule has 2 aliphatic rings. The van der Waals surface area contributed by atoms with Crippen LogP contribution in [-0.4, -0.2) is 38.0 Å². The molecule has 0 saturated heterocycles. The van der Waals surface area contributed by atoms with E-state index in [0.717, 1.165) is 12.8 Å². The van der Waals surface area contributed by atoms with E-state index in [1.165, 1.54) is 6.42 Å². The van der Waals surface area contributed by atoms with Crippen molar-refractivity contribution in [3.8, 4) is 0 Å². The van der Waals surface area contributed by atoms with Crippen LogP contribution >= 0.6 is 0 Å². The Balaban J connectivity index is 1.74. The van der Waals surface area contributed by atoms with Crippen LogP contribution < -0.4 is 0 Å². The fourth-order valence-electron chi connectivity index (χ4n) is 2.89. The second-order valence-electron chi connectivity index (χ2n) is 5.10. The molecule has 1 N–H and O–H groups in total. The molecule has 0 bridgehead atoms. The zero-order valence-electron chi connectivity index (χ0n) is 9.78. The summed E-state index contributed by atoms with van der Waals surface area (Å²) in [5.41, 5.74) is -0.485. The van der Waals surface area contributed by atoms with Crippen molar-refractivity contribution in [3.63, 3.8) is 0 Å². The summed E-state index contributed by atoms with van der Waals surface area (Å²) in [6, 6.07) is 0. The summed E-state index contributed by atoms with van der Waals surface area (Å²) in [4.78, 5) is 11.3. The fourth-order valence-corrected chi connectivity index (χ4v) is 2.89. The molecule has 2 fully saturated rings. The highest BCUT2D eigenvalue weighted by Crippen LogP contribution is 2.61. The van der Waals surface area contributed by atoms with Gasteiger partial charge in [-0.15, -0.1) is 0 Å². The minimum Gasteiger partial charge on any atom is -0.481 e. The highest BCUT2D eigenvalue weighted by Gasteiger charge is 2.57. The maximum absolute atomic E-state index is 11.3. The fraction of sp³-hybridized carbons (Fsp3) is 0.917. The lowest BCUT2D eigenvalue weighted by atomic mass is 9.80. The van der Waals surface area contributed by atoms with Gasteiger partial charge in [-0.2, -0.15) is 0 Å². The third kappa shape index (κ3) is 2.38. The zero-order valence-corrected chi connectivity index (χ0v) is 9.78. The highest BCUT2D eigenvalue weighted by atomic mass is 16.5. The first-order valence-corrected chi connectivity index (χ1v) is 5.98. The van der Waals surface area contributed by atoms with Crippen molar-refractivity contribution in [2.24, 2.45) is 17.3 Å². The summed E-state index contributed by atoms with van der Waals surface area (Å²) >= 11 is 0. The predicted octanol–water partition coefficient (Wildman–Crippen LogP) is 1.54. The van der Waals surface area contributed by atoms with Crippen molar-refractivity contribution in [1.82, 2.24) is 0 Å². The van der Waals surface area contributed by atoms with E-state index in [2.05, 4.69) is 0 Å². The van der Waals surface area contributed by atoms with E-state index in [0.29, 0.717) is 38.1 Å². The standard InChI is InChI=1S/C12H20O4/c1-15-4-5-16-3-2-12(11(13)14)7-9-6-10(9)8-12/h9-10H,2-8H2,1H3,(H,13,14). The Morgan fingerprint density at radius 2 is 2.00 bits per heavy atom. The molecule has 0 amide bonds. The molecule has 4 nitrogen and oxygen atoms in total. The molecular formula is C12H20O4. The minimum atomic E-state index is -0.630. The molecule has 0 radical (unpaired) electrons. The minimum absolute atomic E-state index is 0.485. The molecule has 2 atom stereocenters. The molecule has 92 valence electrons. The molecular weight excluding hydrogens is 208 g/mol. The van der Waals surface area contributed by atoms with Crippen molar-refractivity contribution < 1.29 is 19.4 Å². The summed E-state index contributed by atoms with van der Waals surface area (Å²) in [5.74, 6) is 0.750. The number of hydrogen-bond acceptors (Lipinski definition) is 3. The van der Waals surface area contributed by atoms with Crippen LogP contribution in [0.4, 0.5) is 0 Å². The van der Waals surface area contributed by atoms with Gasteiger partial charge >= 0.3 is 5.97 Å².